The maximum atomic E-state index is 2.45. The lowest BCUT2D eigenvalue weighted by Crippen LogP contribution is -1.97. The van der Waals surface area contributed by atoms with Crippen molar-refractivity contribution >= 4 is 55.1 Å². The fourth-order valence-corrected chi connectivity index (χ4v) is 8.65. The van der Waals surface area contributed by atoms with Crippen LogP contribution < -0.4 is 0 Å². The van der Waals surface area contributed by atoms with E-state index in [2.05, 4.69) is 168 Å². The van der Waals surface area contributed by atoms with E-state index in [-0.39, 0.29) is 0 Å². The number of benzene rings is 8. The Labute approximate surface area is 271 Å². The van der Waals surface area contributed by atoms with E-state index in [0.717, 1.165) is 0 Å². The van der Waals surface area contributed by atoms with E-state index in [1.807, 2.05) is 11.8 Å². The number of aromatic nitrogens is 1. The summed E-state index contributed by atoms with van der Waals surface area (Å²) in [5, 5.41) is 7.80. The van der Waals surface area contributed by atoms with Gasteiger partial charge >= 0.3 is 0 Å². The quantitative estimate of drug-likeness (QED) is 0.195. The van der Waals surface area contributed by atoms with Crippen molar-refractivity contribution in [2.75, 3.05) is 0 Å². The Balaban J connectivity index is 1.15. The SMILES string of the molecule is c1cc(-c2ccc3c(c2)-c2cccc4cccc(c24)S3)cc(-c2ccccc2-n2c3ccccc3c3c4ccccc4ccc32)c1. The van der Waals surface area contributed by atoms with Gasteiger partial charge in [0.25, 0.3) is 0 Å². The Morgan fingerprint density at radius 3 is 2.04 bits per heavy atom. The van der Waals surface area contributed by atoms with Crippen LogP contribution in [0.3, 0.4) is 0 Å². The highest BCUT2D eigenvalue weighted by Crippen LogP contribution is 2.49. The van der Waals surface area contributed by atoms with Gasteiger partial charge in [-0.25, -0.2) is 0 Å². The van der Waals surface area contributed by atoms with Crippen LogP contribution in [0.5, 0.6) is 0 Å². The van der Waals surface area contributed by atoms with E-state index in [4.69, 9.17) is 0 Å². The fraction of sp³-hybridized carbons (Fsp3) is 0. The van der Waals surface area contributed by atoms with Gasteiger partial charge in [-0.2, -0.15) is 0 Å². The van der Waals surface area contributed by atoms with Crippen LogP contribution >= 0.6 is 11.8 Å². The predicted octanol–water partition coefficient (Wildman–Crippen LogP) is 12.6. The molecule has 0 spiro atoms. The summed E-state index contributed by atoms with van der Waals surface area (Å²) < 4.78 is 2.45. The molecule has 0 amide bonds. The molecule has 2 heteroatoms. The van der Waals surface area contributed by atoms with Crippen LogP contribution in [-0.4, -0.2) is 4.57 Å². The van der Waals surface area contributed by atoms with Gasteiger partial charge in [-0.1, -0.05) is 133 Å². The lowest BCUT2D eigenvalue weighted by Gasteiger charge is -2.21. The molecule has 10 rings (SSSR count). The Bertz CT molecular complexity index is 2670. The van der Waals surface area contributed by atoms with Crippen molar-refractivity contribution in [2.45, 2.75) is 9.79 Å². The zero-order valence-electron chi connectivity index (χ0n) is 24.9. The number of fused-ring (bicyclic) bond motifs is 7. The fourth-order valence-electron chi connectivity index (χ4n) is 7.52. The van der Waals surface area contributed by atoms with Crippen molar-refractivity contribution in [3.8, 4) is 39.1 Å². The first-order valence-electron chi connectivity index (χ1n) is 15.8. The Kier molecular flexibility index (Phi) is 5.58. The first kappa shape index (κ1) is 25.7. The minimum atomic E-state index is 1.19. The van der Waals surface area contributed by atoms with Gasteiger partial charge in [0.1, 0.15) is 0 Å². The molecule has 0 N–H and O–H groups in total. The van der Waals surface area contributed by atoms with E-state index in [9.17, 15) is 0 Å². The Morgan fingerprint density at radius 2 is 1.09 bits per heavy atom. The minimum absolute atomic E-state index is 1.19. The summed E-state index contributed by atoms with van der Waals surface area (Å²) >= 11 is 1.88. The third-order valence-electron chi connectivity index (χ3n) is 9.57. The van der Waals surface area contributed by atoms with Crippen molar-refractivity contribution < 1.29 is 0 Å². The van der Waals surface area contributed by atoms with Crippen molar-refractivity contribution in [3.05, 3.63) is 164 Å². The van der Waals surface area contributed by atoms with Crippen LogP contribution in [0.15, 0.2) is 174 Å². The van der Waals surface area contributed by atoms with Crippen LogP contribution in [0.2, 0.25) is 0 Å². The molecule has 1 aliphatic rings. The first-order valence-corrected chi connectivity index (χ1v) is 16.6. The molecule has 0 bridgehead atoms. The molecule has 0 unspecified atom stereocenters. The number of para-hydroxylation sites is 2. The maximum Gasteiger partial charge on any atom is 0.0547 e. The number of nitrogens with zero attached hydrogens (tertiary/aromatic N) is 1. The second kappa shape index (κ2) is 9.97. The standard InChI is InChI=1S/C44H27NS/c1-2-16-34-28(10-1)22-24-40-44(34)36-17-4-6-20-39(36)45(40)38-19-5-3-15-33(38)32-14-7-13-30(26-32)31-23-25-41-37(27-31)35-18-8-11-29-12-9-21-42(46-41)43(29)35/h1-27H. The van der Waals surface area contributed by atoms with Crippen molar-refractivity contribution in [1.29, 1.82) is 0 Å². The molecule has 214 valence electrons. The topological polar surface area (TPSA) is 4.93 Å². The summed E-state index contributed by atoms with van der Waals surface area (Å²) in [5.41, 5.74) is 11.2. The lowest BCUT2D eigenvalue weighted by molar-refractivity contribution is 1.18. The number of hydrogen-bond acceptors (Lipinski definition) is 1. The van der Waals surface area contributed by atoms with Crippen LogP contribution in [0.25, 0.3) is 82.4 Å². The summed E-state index contributed by atoms with van der Waals surface area (Å²) in [4.78, 5) is 2.65. The summed E-state index contributed by atoms with van der Waals surface area (Å²) in [6, 6.07) is 60.2. The van der Waals surface area contributed by atoms with Gasteiger partial charge in [0.05, 0.1) is 16.7 Å². The van der Waals surface area contributed by atoms with Gasteiger partial charge < -0.3 is 4.57 Å². The van der Waals surface area contributed by atoms with Gasteiger partial charge in [0.15, 0.2) is 0 Å². The van der Waals surface area contributed by atoms with Gasteiger partial charge in [-0.05, 0) is 86.4 Å². The summed E-state index contributed by atoms with van der Waals surface area (Å²) in [6.07, 6.45) is 0. The highest BCUT2D eigenvalue weighted by Gasteiger charge is 2.20. The predicted molar refractivity (Wildman–Crippen MR) is 196 cm³/mol. The zero-order valence-corrected chi connectivity index (χ0v) is 25.8. The summed E-state index contributed by atoms with van der Waals surface area (Å²) in [6.45, 7) is 0. The third kappa shape index (κ3) is 3.77. The van der Waals surface area contributed by atoms with Gasteiger partial charge in [-0.15, -0.1) is 0 Å². The second-order valence-corrected chi connectivity index (χ2v) is 13.2. The first-order chi connectivity index (χ1) is 22.8. The van der Waals surface area contributed by atoms with Crippen molar-refractivity contribution in [1.82, 2.24) is 4.57 Å². The van der Waals surface area contributed by atoms with Crippen molar-refractivity contribution in [3.63, 3.8) is 0 Å². The van der Waals surface area contributed by atoms with E-state index in [0.29, 0.717) is 0 Å². The molecule has 0 atom stereocenters. The molecule has 46 heavy (non-hydrogen) atoms. The van der Waals surface area contributed by atoms with Crippen LogP contribution in [0.4, 0.5) is 0 Å². The second-order valence-electron chi connectivity index (χ2n) is 12.1. The average Bonchev–Trinajstić information content (AvgIpc) is 3.46. The van der Waals surface area contributed by atoms with Crippen LogP contribution in [0, 0.1) is 0 Å². The average molecular weight is 602 g/mol. The molecular weight excluding hydrogens is 575 g/mol. The Hall–Kier alpha value is -5.57. The zero-order chi connectivity index (χ0) is 30.2. The van der Waals surface area contributed by atoms with Crippen LogP contribution in [-0.2, 0) is 0 Å². The smallest absolute Gasteiger partial charge is 0.0547 e. The molecule has 9 aromatic rings. The molecule has 1 aliphatic heterocycles. The van der Waals surface area contributed by atoms with Crippen molar-refractivity contribution in [2.24, 2.45) is 0 Å². The van der Waals surface area contributed by atoms with Crippen LogP contribution in [0.1, 0.15) is 0 Å². The summed E-state index contributed by atoms with van der Waals surface area (Å²) in [7, 11) is 0. The molecule has 0 fully saturated rings. The molecule has 2 heterocycles. The van der Waals surface area contributed by atoms with Gasteiger partial charge in [-0.3, -0.25) is 0 Å². The number of rotatable bonds is 3. The maximum absolute atomic E-state index is 2.45. The van der Waals surface area contributed by atoms with E-state index in [1.54, 1.807) is 0 Å². The van der Waals surface area contributed by atoms with Gasteiger partial charge in [0.2, 0.25) is 0 Å². The molecule has 8 aromatic carbocycles. The molecule has 1 nitrogen and oxygen atoms in total. The monoisotopic (exact) mass is 601 g/mol. The molecule has 0 saturated carbocycles. The van der Waals surface area contributed by atoms with E-state index in [1.165, 1.54) is 92.2 Å². The normalized spacial score (nSPS) is 12.3. The van der Waals surface area contributed by atoms with E-state index >= 15 is 0 Å². The number of hydrogen-bond donors (Lipinski definition) is 0. The highest BCUT2D eigenvalue weighted by molar-refractivity contribution is 7.99. The molecule has 0 radical (unpaired) electrons. The largest absolute Gasteiger partial charge is 0.309 e. The molecule has 1 aromatic heterocycles. The third-order valence-corrected chi connectivity index (χ3v) is 10.7. The van der Waals surface area contributed by atoms with E-state index < -0.39 is 0 Å². The highest BCUT2D eigenvalue weighted by atomic mass is 32.2. The van der Waals surface area contributed by atoms with Gasteiger partial charge in [0, 0.05) is 31.5 Å². The molecule has 0 saturated heterocycles. The minimum Gasteiger partial charge on any atom is -0.309 e. The lowest BCUT2D eigenvalue weighted by atomic mass is 9.93. The Morgan fingerprint density at radius 1 is 0.370 bits per heavy atom. The summed E-state index contributed by atoms with van der Waals surface area (Å²) in [5.74, 6) is 0. The molecule has 0 aliphatic carbocycles. The molecular formula is C44H27NS.